The normalized spacial score (nSPS) is 11.5. The molecule has 17 heavy (non-hydrogen) atoms. The van der Waals surface area contributed by atoms with Crippen molar-refractivity contribution in [1.29, 1.82) is 0 Å². The fourth-order valence-electron chi connectivity index (χ4n) is 1.28. The van der Waals surface area contributed by atoms with E-state index in [1.165, 1.54) is 0 Å². The van der Waals surface area contributed by atoms with Crippen molar-refractivity contribution in [2.45, 2.75) is 32.7 Å². The molecule has 1 N–H and O–H groups in total. The summed E-state index contributed by atoms with van der Waals surface area (Å²) >= 11 is 0. The molecule has 0 aliphatic carbocycles. The van der Waals surface area contributed by atoms with Crippen molar-refractivity contribution >= 4 is 5.95 Å². The van der Waals surface area contributed by atoms with Crippen LogP contribution in [0.15, 0.2) is 29.0 Å². The molecule has 0 saturated heterocycles. The number of nitrogens with one attached hydrogen (secondary N) is 1. The summed E-state index contributed by atoms with van der Waals surface area (Å²) in [6.07, 6.45) is 3.52. The van der Waals surface area contributed by atoms with Gasteiger partial charge in [0, 0.05) is 24.4 Å². The Morgan fingerprint density at radius 1 is 1.24 bits per heavy atom. The van der Waals surface area contributed by atoms with Crippen molar-refractivity contribution in [2.24, 2.45) is 0 Å². The summed E-state index contributed by atoms with van der Waals surface area (Å²) in [5.74, 6) is 1.15. The molecule has 2 heterocycles. The van der Waals surface area contributed by atoms with Gasteiger partial charge in [0.1, 0.15) is 0 Å². The van der Waals surface area contributed by atoms with Gasteiger partial charge in [0.05, 0.1) is 0 Å². The van der Waals surface area contributed by atoms with Crippen molar-refractivity contribution in [3.05, 3.63) is 36.0 Å². The molecule has 0 amide bonds. The molecule has 5 heteroatoms. The minimum Gasteiger partial charge on any atom is -0.348 e. The average molecular weight is 232 g/mol. The molecule has 2 aromatic heterocycles. The number of hydrogen-bond acceptors (Lipinski definition) is 5. The first kappa shape index (κ1) is 11.6. The van der Waals surface area contributed by atoms with Crippen LogP contribution in [-0.4, -0.2) is 15.1 Å². The Morgan fingerprint density at radius 3 is 2.53 bits per heavy atom. The van der Waals surface area contributed by atoms with Gasteiger partial charge in [-0.15, -0.1) is 0 Å². The van der Waals surface area contributed by atoms with Crippen LogP contribution in [0.1, 0.15) is 32.2 Å². The summed E-state index contributed by atoms with van der Waals surface area (Å²) in [4.78, 5) is 8.25. The Morgan fingerprint density at radius 2 is 1.94 bits per heavy atom. The van der Waals surface area contributed by atoms with E-state index in [1.54, 1.807) is 12.4 Å². The zero-order valence-corrected chi connectivity index (χ0v) is 10.3. The second-order valence-corrected chi connectivity index (χ2v) is 4.88. The molecule has 0 aromatic carbocycles. The number of rotatable bonds is 3. The van der Waals surface area contributed by atoms with Gasteiger partial charge in [-0.2, -0.15) is 4.98 Å². The lowest BCUT2D eigenvalue weighted by Gasteiger charge is -2.10. The van der Waals surface area contributed by atoms with E-state index in [2.05, 4.69) is 20.4 Å². The number of pyridine rings is 1. The van der Waals surface area contributed by atoms with E-state index in [1.807, 2.05) is 32.9 Å². The van der Waals surface area contributed by atoms with Gasteiger partial charge in [0.25, 0.3) is 5.95 Å². The van der Waals surface area contributed by atoms with E-state index < -0.39 is 0 Å². The predicted octanol–water partition coefficient (Wildman–Crippen LogP) is 2.37. The Kier molecular flexibility index (Phi) is 3.08. The Balaban J connectivity index is 1.99. The molecule has 0 saturated carbocycles. The highest BCUT2D eigenvalue weighted by Crippen LogP contribution is 2.20. The third-order valence-electron chi connectivity index (χ3n) is 2.27. The minimum atomic E-state index is -0.121. The maximum absolute atomic E-state index is 5.18. The fraction of sp³-hybridized carbons (Fsp3) is 0.417. The number of nitrogens with zero attached hydrogens (tertiary/aromatic N) is 3. The quantitative estimate of drug-likeness (QED) is 0.880. The Bertz CT molecular complexity index is 473. The van der Waals surface area contributed by atoms with E-state index in [-0.39, 0.29) is 5.41 Å². The number of hydrogen-bond donors (Lipinski definition) is 1. The number of anilines is 1. The fourth-order valence-corrected chi connectivity index (χ4v) is 1.28. The van der Waals surface area contributed by atoms with E-state index >= 15 is 0 Å². The highest BCUT2D eigenvalue weighted by atomic mass is 16.5. The lowest BCUT2D eigenvalue weighted by Crippen LogP contribution is -2.11. The molecule has 0 bridgehead atoms. The molecule has 0 radical (unpaired) electrons. The van der Waals surface area contributed by atoms with Gasteiger partial charge < -0.3 is 9.84 Å². The van der Waals surface area contributed by atoms with Crippen LogP contribution in [0.2, 0.25) is 0 Å². The Labute approximate surface area is 100 Å². The third-order valence-corrected chi connectivity index (χ3v) is 2.27. The van der Waals surface area contributed by atoms with Crippen LogP contribution in [-0.2, 0) is 12.0 Å². The SMILES string of the molecule is CC(C)(C)c1nc(NCc2ccncc2)no1. The summed E-state index contributed by atoms with van der Waals surface area (Å²) in [6, 6.07) is 3.88. The smallest absolute Gasteiger partial charge is 0.263 e. The summed E-state index contributed by atoms with van der Waals surface area (Å²) in [5.41, 5.74) is 1.01. The topological polar surface area (TPSA) is 63.8 Å². The number of aromatic nitrogens is 3. The van der Waals surface area contributed by atoms with Crippen LogP contribution in [0.25, 0.3) is 0 Å². The first-order valence-corrected chi connectivity index (χ1v) is 5.53. The second kappa shape index (κ2) is 4.53. The van der Waals surface area contributed by atoms with Crippen LogP contribution in [0.3, 0.4) is 0 Å². The molecular weight excluding hydrogens is 216 g/mol. The van der Waals surface area contributed by atoms with Crippen LogP contribution in [0.4, 0.5) is 5.95 Å². The zero-order chi connectivity index (χ0) is 12.3. The molecule has 90 valence electrons. The van der Waals surface area contributed by atoms with Crippen LogP contribution in [0, 0.1) is 0 Å². The van der Waals surface area contributed by atoms with Gasteiger partial charge in [-0.05, 0) is 22.9 Å². The van der Waals surface area contributed by atoms with Crippen molar-refractivity contribution < 1.29 is 4.52 Å². The Hall–Kier alpha value is -1.91. The first-order chi connectivity index (χ1) is 8.05. The van der Waals surface area contributed by atoms with Crippen molar-refractivity contribution in [2.75, 3.05) is 5.32 Å². The second-order valence-electron chi connectivity index (χ2n) is 4.88. The van der Waals surface area contributed by atoms with Gasteiger partial charge in [-0.3, -0.25) is 4.98 Å². The standard InChI is InChI=1S/C12H16N4O/c1-12(2,3)10-15-11(16-17-10)14-8-9-4-6-13-7-5-9/h4-7H,8H2,1-3H3,(H,14,16). The highest BCUT2D eigenvalue weighted by Gasteiger charge is 2.21. The third kappa shape index (κ3) is 3.03. The average Bonchev–Trinajstić information content (AvgIpc) is 2.76. The first-order valence-electron chi connectivity index (χ1n) is 5.53. The molecule has 2 rings (SSSR count). The molecule has 0 atom stereocenters. The van der Waals surface area contributed by atoms with Gasteiger partial charge in [-0.25, -0.2) is 0 Å². The summed E-state index contributed by atoms with van der Waals surface area (Å²) in [6.45, 7) is 6.76. The van der Waals surface area contributed by atoms with Crippen LogP contribution in [0.5, 0.6) is 0 Å². The van der Waals surface area contributed by atoms with Crippen LogP contribution >= 0.6 is 0 Å². The maximum atomic E-state index is 5.18. The molecule has 5 nitrogen and oxygen atoms in total. The largest absolute Gasteiger partial charge is 0.348 e. The van der Waals surface area contributed by atoms with Crippen LogP contribution < -0.4 is 5.32 Å². The van der Waals surface area contributed by atoms with E-state index in [0.717, 1.165) is 5.56 Å². The highest BCUT2D eigenvalue weighted by molar-refractivity contribution is 5.25. The molecule has 0 fully saturated rings. The zero-order valence-electron chi connectivity index (χ0n) is 10.3. The van der Waals surface area contributed by atoms with E-state index in [9.17, 15) is 0 Å². The lowest BCUT2D eigenvalue weighted by atomic mass is 9.97. The van der Waals surface area contributed by atoms with Gasteiger partial charge in [0.2, 0.25) is 5.89 Å². The van der Waals surface area contributed by atoms with E-state index in [4.69, 9.17) is 4.52 Å². The van der Waals surface area contributed by atoms with E-state index in [0.29, 0.717) is 18.4 Å². The summed E-state index contributed by atoms with van der Waals surface area (Å²) in [7, 11) is 0. The minimum absolute atomic E-state index is 0.121. The summed E-state index contributed by atoms with van der Waals surface area (Å²) < 4.78 is 5.18. The molecule has 0 aliphatic heterocycles. The summed E-state index contributed by atoms with van der Waals surface area (Å²) in [5, 5.41) is 6.99. The van der Waals surface area contributed by atoms with Gasteiger partial charge in [0.15, 0.2) is 0 Å². The maximum Gasteiger partial charge on any atom is 0.263 e. The van der Waals surface area contributed by atoms with Crippen molar-refractivity contribution in [1.82, 2.24) is 15.1 Å². The molecule has 0 unspecified atom stereocenters. The monoisotopic (exact) mass is 232 g/mol. The molecular formula is C12H16N4O. The van der Waals surface area contributed by atoms with Crippen molar-refractivity contribution in [3.8, 4) is 0 Å². The van der Waals surface area contributed by atoms with Crippen molar-refractivity contribution in [3.63, 3.8) is 0 Å². The predicted molar refractivity (Wildman–Crippen MR) is 64.6 cm³/mol. The lowest BCUT2D eigenvalue weighted by molar-refractivity contribution is 0.321. The molecule has 0 spiro atoms. The molecule has 2 aromatic rings. The molecule has 0 aliphatic rings. The van der Waals surface area contributed by atoms with Gasteiger partial charge in [-0.1, -0.05) is 20.8 Å². The van der Waals surface area contributed by atoms with Gasteiger partial charge >= 0.3 is 0 Å².